The lowest BCUT2D eigenvalue weighted by molar-refractivity contribution is 0.282. The molecule has 0 radical (unpaired) electrons. The highest BCUT2D eigenvalue weighted by atomic mass is 15.3. The highest BCUT2D eigenvalue weighted by molar-refractivity contribution is 5.15. The van der Waals surface area contributed by atoms with Crippen molar-refractivity contribution < 1.29 is 0 Å². The van der Waals surface area contributed by atoms with Gasteiger partial charge in [0.15, 0.2) is 0 Å². The van der Waals surface area contributed by atoms with E-state index in [2.05, 4.69) is 15.8 Å². The molecule has 0 aliphatic heterocycles. The summed E-state index contributed by atoms with van der Waals surface area (Å²) in [4.78, 5) is 0. The Balaban J connectivity index is 1.91. The van der Waals surface area contributed by atoms with Crippen molar-refractivity contribution >= 4 is 0 Å². The molecule has 0 unspecified atom stereocenters. The Labute approximate surface area is 72.6 Å². The van der Waals surface area contributed by atoms with Crippen LogP contribution < -0.4 is 0 Å². The first-order valence-electron chi connectivity index (χ1n) is 4.98. The van der Waals surface area contributed by atoms with E-state index in [-0.39, 0.29) is 0 Å². The topological polar surface area (TPSA) is 17.8 Å². The summed E-state index contributed by atoms with van der Waals surface area (Å²) in [7, 11) is 0. The maximum absolute atomic E-state index is 4.42. The smallest absolute Gasteiger partial charge is 0.0522 e. The molecule has 1 heterocycles. The Bertz CT molecular complexity index is 282. The summed E-state index contributed by atoms with van der Waals surface area (Å²) in [6.07, 6.45) is 8.83. The molecule has 0 saturated heterocycles. The first-order chi connectivity index (χ1) is 5.95. The number of nitrogens with zero attached hydrogens (tertiary/aromatic N) is 2. The normalized spacial score (nSPS) is 24.0. The van der Waals surface area contributed by atoms with E-state index >= 15 is 0 Å². The molecule has 64 valence electrons. The Morgan fingerprint density at radius 1 is 1.25 bits per heavy atom. The molecule has 3 rings (SSSR count). The number of aromatic nitrogens is 2. The van der Waals surface area contributed by atoms with Gasteiger partial charge in [-0.1, -0.05) is 0 Å². The van der Waals surface area contributed by atoms with Crippen LogP contribution in [0.1, 0.15) is 49.8 Å². The lowest BCUT2D eigenvalue weighted by atomic mass is 9.93. The molecule has 2 aliphatic rings. The first-order valence-corrected chi connectivity index (χ1v) is 4.98. The van der Waals surface area contributed by atoms with E-state index in [1.54, 1.807) is 0 Å². The Morgan fingerprint density at radius 2 is 2.08 bits per heavy atom. The number of hydrogen-bond acceptors (Lipinski definition) is 1. The zero-order valence-corrected chi connectivity index (χ0v) is 7.24. The van der Waals surface area contributed by atoms with Gasteiger partial charge < -0.3 is 0 Å². The van der Waals surface area contributed by atoms with Gasteiger partial charge in [-0.3, -0.25) is 4.68 Å². The van der Waals surface area contributed by atoms with Crippen molar-refractivity contribution in [2.75, 3.05) is 0 Å². The second-order valence-electron chi connectivity index (χ2n) is 4.06. The molecule has 0 atom stereocenters. The third-order valence-corrected chi connectivity index (χ3v) is 3.12. The van der Waals surface area contributed by atoms with Crippen molar-refractivity contribution in [3.63, 3.8) is 0 Å². The third kappa shape index (κ3) is 0.904. The van der Waals surface area contributed by atoms with Crippen molar-refractivity contribution in [2.45, 2.75) is 44.1 Å². The Hall–Kier alpha value is -0.790. The van der Waals surface area contributed by atoms with E-state index in [9.17, 15) is 0 Å². The lowest BCUT2D eigenvalue weighted by Crippen LogP contribution is -2.19. The van der Waals surface area contributed by atoms with Crippen LogP contribution in [0.3, 0.4) is 0 Å². The molecule has 0 aromatic carbocycles. The van der Waals surface area contributed by atoms with Crippen LogP contribution in [0.15, 0.2) is 12.3 Å². The average molecular weight is 162 g/mol. The highest BCUT2D eigenvalue weighted by Crippen LogP contribution is 2.42. The minimum absolute atomic E-state index is 0.746. The van der Waals surface area contributed by atoms with Gasteiger partial charge in [-0.05, 0) is 38.2 Å². The van der Waals surface area contributed by atoms with Crippen molar-refractivity contribution in [1.82, 2.24) is 9.78 Å². The fourth-order valence-electron chi connectivity index (χ4n) is 1.96. The second-order valence-corrected chi connectivity index (χ2v) is 4.06. The molecule has 0 bridgehead atoms. The zero-order chi connectivity index (χ0) is 7.97. The maximum atomic E-state index is 4.42. The van der Waals surface area contributed by atoms with Crippen LogP contribution in [0.2, 0.25) is 0 Å². The molecule has 2 nitrogen and oxygen atoms in total. The van der Waals surface area contributed by atoms with E-state index in [0.717, 1.165) is 12.0 Å². The van der Waals surface area contributed by atoms with Gasteiger partial charge in [0.25, 0.3) is 0 Å². The van der Waals surface area contributed by atoms with Gasteiger partial charge in [0.2, 0.25) is 0 Å². The predicted molar refractivity (Wildman–Crippen MR) is 47.1 cm³/mol. The van der Waals surface area contributed by atoms with Crippen molar-refractivity contribution in [1.29, 1.82) is 0 Å². The second kappa shape index (κ2) is 2.35. The summed E-state index contributed by atoms with van der Waals surface area (Å²) in [5.74, 6) is 0.855. The summed E-state index contributed by atoms with van der Waals surface area (Å²) in [6, 6.07) is 2.95. The van der Waals surface area contributed by atoms with Crippen LogP contribution in [-0.2, 0) is 0 Å². The largest absolute Gasteiger partial charge is 0.266 e. The predicted octanol–water partition coefficient (Wildman–Crippen LogP) is 2.49. The summed E-state index contributed by atoms with van der Waals surface area (Å²) in [5.41, 5.74) is 1.50. The van der Waals surface area contributed by atoms with E-state index in [1.807, 2.05) is 6.20 Å². The summed E-state index contributed by atoms with van der Waals surface area (Å²) >= 11 is 0. The molecule has 0 N–H and O–H groups in total. The fraction of sp³-hybridized carbons (Fsp3) is 0.700. The molecule has 2 saturated carbocycles. The van der Waals surface area contributed by atoms with Gasteiger partial charge in [0.1, 0.15) is 0 Å². The van der Waals surface area contributed by atoms with Crippen molar-refractivity contribution in [3.8, 4) is 0 Å². The van der Waals surface area contributed by atoms with Gasteiger partial charge in [0, 0.05) is 17.8 Å². The molecular weight excluding hydrogens is 148 g/mol. The lowest BCUT2D eigenvalue weighted by Gasteiger charge is -2.27. The molecule has 1 aromatic rings. The van der Waals surface area contributed by atoms with Gasteiger partial charge in [0.05, 0.1) is 6.04 Å². The standard InChI is InChI=1S/C10H14N2/c1-2-9(3-1)12-10(6-7-11-12)8-4-5-8/h6-9H,1-5H2. The SMILES string of the molecule is c1cc(C2CC2)n(C2CCC2)n1. The van der Waals surface area contributed by atoms with Crippen LogP contribution in [0, 0.1) is 0 Å². The summed E-state index contributed by atoms with van der Waals surface area (Å²) < 4.78 is 2.28. The molecule has 2 aliphatic carbocycles. The van der Waals surface area contributed by atoms with Crippen molar-refractivity contribution in [3.05, 3.63) is 18.0 Å². The molecule has 12 heavy (non-hydrogen) atoms. The molecule has 0 amide bonds. The monoisotopic (exact) mass is 162 g/mol. The minimum atomic E-state index is 0.746. The van der Waals surface area contributed by atoms with Crippen LogP contribution >= 0.6 is 0 Å². The molecular formula is C10H14N2. The molecule has 0 spiro atoms. The Morgan fingerprint density at radius 3 is 2.67 bits per heavy atom. The maximum Gasteiger partial charge on any atom is 0.0522 e. The number of hydrogen-bond donors (Lipinski definition) is 0. The number of rotatable bonds is 2. The first kappa shape index (κ1) is 6.70. The molecule has 2 heteroatoms. The zero-order valence-electron chi connectivity index (χ0n) is 7.24. The highest BCUT2D eigenvalue weighted by Gasteiger charge is 2.30. The van der Waals surface area contributed by atoms with Gasteiger partial charge in [-0.2, -0.15) is 5.10 Å². The van der Waals surface area contributed by atoms with E-state index in [0.29, 0.717) is 0 Å². The Kier molecular flexibility index (Phi) is 1.31. The van der Waals surface area contributed by atoms with Gasteiger partial charge >= 0.3 is 0 Å². The summed E-state index contributed by atoms with van der Waals surface area (Å²) in [5, 5.41) is 4.42. The molecule has 2 fully saturated rings. The van der Waals surface area contributed by atoms with Gasteiger partial charge in [-0.25, -0.2) is 0 Å². The third-order valence-electron chi connectivity index (χ3n) is 3.12. The van der Waals surface area contributed by atoms with E-state index in [4.69, 9.17) is 0 Å². The van der Waals surface area contributed by atoms with Crippen LogP contribution in [0.5, 0.6) is 0 Å². The van der Waals surface area contributed by atoms with Gasteiger partial charge in [-0.15, -0.1) is 0 Å². The average Bonchev–Trinajstić information content (AvgIpc) is 2.70. The van der Waals surface area contributed by atoms with Crippen LogP contribution in [0.4, 0.5) is 0 Å². The van der Waals surface area contributed by atoms with Crippen LogP contribution in [-0.4, -0.2) is 9.78 Å². The minimum Gasteiger partial charge on any atom is -0.266 e. The van der Waals surface area contributed by atoms with Crippen molar-refractivity contribution in [2.24, 2.45) is 0 Å². The van der Waals surface area contributed by atoms with E-state index < -0.39 is 0 Å². The van der Waals surface area contributed by atoms with E-state index in [1.165, 1.54) is 37.8 Å². The quantitative estimate of drug-likeness (QED) is 0.653. The fourth-order valence-corrected chi connectivity index (χ4v) is 1.96. The summed E-state index contributed by atoms with van der Waals surface area (Å²) in [6.45, 7) is 0. The molecule has 1 aromatic heterocycles. The van der Waals surface area contributed by atoms with Crippen LogP contribution in [0.25, 0.3) is 0 Å².